The van der Waals surface area contributed by atoms with E-state index in [1.807, 2.05) is 13.0 Å². The first-order chi connectivity index (χ1) is 9.32. The minimum Gasteiger partial charge on any atom is -0.385 e. The Bertz CT molecular complexity index is 494. The monoisotopic (exact) mass is 275 g/mol. The standard InChI is InChI=1S/C16H25N3O/c1-6-18-12-7-8-17-9-11(12)14(20)19-10-13-15(2,3)16(13,4)5/h7-9,13H,6,10H2,1-5H3,(H,17,18)(H,19,20). The van der Waals surface area contributed by atoms with Crippen LogP contribution in [0.4, 0.5) is 5.69 Å². The van der Waals surface area contributed by atoms with E-state index in [0.29, 0.717) is 22.3 Å². The molecule has 2 N–H and O–H groups in total. The third kappa shape index (κ3) is 2.39. The molecule has 1 aliphatic rings. The van der Waals surface area contributed by atoms with Crippen molar-refractivity contribution in [3.63, 3.8) is 0 Å². The predicted octanol–water partition coefficient (Wildman–Crippen LogP) is 2.93. The van der Waals surface area contributed by atoms with Gasteiger partial charge in [0.1, 0.15) is 0 Å². The number of rotatable bonds is 5. The molecule has 0 aromatic carbocycles. The van der Waals surface area contributed by atoms with Gasteiger partial charge in [0.2, 0.25) is 0 Å². The molecule has 1 aromatic rings. The second-order valence-corrected chi connectivity index (χ2v) is 6.66. The largest absolute Gasteiger partial charge is 0.385 e. The molecule has 1 heterocycles. The summed E-state index contributed by atoms with van der Waals surface area (Å²) in [5, 5.41) is 6.24. The van der Waals surface area contributed by atoms with Gasteiger partial charge in [0, 0.05) is 25.5 Å². The highest BCUT2D eigenvalue weighted by atomic mass is 16.1. The number of carbonyl (C=O) groups is 1. The van der Waals surface area contributed by atoms with Gasteiger partial charge in [-0.15, -0.1) is 0 Å². The normalized spacial score (nSPS) is 19.4. The summed E-state index contributed by atoms with van der Waals surface area (Å²) >= 11 is 0. The van der Waals surface area contributed by atoms with Crippen LogP contribution < -0.4 is 10.6 Å². The molecule has 4 nitrogen and oxygen atoms in total. The smallest absolute Gasteiger partial charge is 0.254 e. The van der Waals surface area contributed by atoms with E-state index in [1.165, 1.54) is 0 Å². The molecule has 20 heavy (non-hydrogen) atoms. The molecule has 0 spiro atoms. The summed E-state index contributed by atoms with van der Waals surface area (Å²) in [4.78, 5) is 16.4. The van der Waals surface area contributed by atoms with Crippen LogP contribution in [0.5, 0.6) is 0 Å². The van der Waals surface area contributed by atoms with Crippen LogP contribution in [0, 0.1) is 16.7 Å². The summed E-state index contributed by atoms with van der Waals surface area (Å²) in [7, 11) is 0. The lowest BCUT2D eigenvalue weighted by Crippen LogP contribution is -2.28. The van der Waals surface area contributed by atoms with Gasteiger partial charge >= 0.3 is 0 Å². The number of hydrogen-bond donors (Lipinski definition) is 2. The lowest BCUT2D eigenvalue weighted by molar-refractivity contribution is 0.0950. The van der Waals surface area contributed by atoms with Crippen LogP contribution in [0.25, 0.3) is 0 Å². The van der Waals surface area contributed by atoms with Crippen LogP contribution in [0.2, 0.25) is 0 Å². The number of carbonyl (C=O) groups excluding carboxylic acids is 1. The van der Waals surface area contributed by atoms with E-state index in [2.05, 4.69) is 43.3 Å². The average Bonchev–Trinajstić information content (AvgIpc) is 2.78. The minimum absolute atomic E-state index is 0.0486. The third-order valence-corrected chi connectivity index (χ3v) is 5.22. The molecule has 2 rings (SSSR count). The maximum Gasteiger partial charge on any atom is 0.254 e. The molecule has 1 saturated carbocycles. The summed E-state index contributed by atoms with van der Waals surface area (Å²) in [6.07, 6.45) is 3.32. The summed E-state index contributed by atoms with van der Waals surface area (Å²) in [6.45, 7) is 12.6. The Hall–Kier alpha value is -1.58. The van der Waals surface area contributed by atoms with Crippen molar-refractivity contribution in [2.24, 2.45) is 16.7 Å². The van der Waals surface area contributed by atoms with Crippen LogP contribution in [-0.4, -0.2) is 24.0 Å². The molecular weight excluding hydrogens is 250 g/mol. The first-order valence-corrected chi connectivity index (χ1v) is 7.28. The molecule has 4 heteroatoms. The average molecular weight is 275 g/mol. The molecule has 1 fully saturated rings. The van der Waals surface area contributed by atoms with Gasteiger partial charge in [-0.25, -0.2) is 0 Å². The zero-order valence-electron chi connectivity index (χ0n) is 13.1. The zero-order valence-corrected chi connectivity index (χ0v) is 13.1. The summed E-state index contributed by atoms with van der Waals surface area (Å²) < 4.78 is 0. The van der Waals surface area contributed by atoms with Gasteiger partial charge < -0.3 is 10.6 Å². The second-order valence-electron chi connectivity index (χ2n) is 6.66. The maximum absolute atomic E-state index is 12.3. The highest BCUT2D eigenvalue weighted by molar-refractivity contribution is 5.99. The second kappa shape index (κ2) is 5.08. The lowest BCUT2D eigenvalue weighted by atomic mass is 10.0. The topological polar surface area (TPSA) is 54.0 Å². The van der Waals surface area contributed by atoms with Crippen LogP contribution >= 0.6 is 0 Å². The van der Waals surface area contributed by atoms with Gasteiger partial charge in [-0.2, -0.15) is 0 Å². The van der Waals surface area contributed by atoms with Crippen molar-refractivity contribution in [1.82, 2.24) is 10.3 Å². The van der Waals surface area contributed by atoms with E-state index < -0.39 is 0 Å². The molecule has 1 aliphatic carbocycles. The van der Waals surface area contributed by atoms with Crippen LogP contribution in [0.1, 0.15) is 45.0 Å². The molecule has 0 atom stereocenters. The Morgan fingerprint density at radius 3 is 2.50 bits per heavy atom. The number of hydrogen-bond acceptors (Lipinski definition) is 3. The fourth-order valence-corrected chi connectivity index (χ4v) is 3.05. The van der Waals surface area contributed by atoms with Gasteiger partial charge in [-0.05, 0) is 29.7 Å². The Labute approximate surface area is 121 Å². The Morgan fingerprint density at radius 2 is 1.95 bits per heavy atom. The van der Waals surface area contributed by atoms with Crippen molar-refractivity contribution in [3.8, 4) is 0 Å². The van der Waals surface area contributed by atoms with E-state index in [4.69, 9.17) is 0 Å². The minimum atomic E-state index is -0.0486. The number of pyridine rings is 1. The summed E-state index contributed by atoms with van der Waals surface area (Å²) in [6, 6.07) is 1.84. The van der Waals surface area contributed by atoms with E-state index >= 15 is 0 Å². The molecule has 0 saturated heterocycles. The molecule has 110 valence electrons. The van der Waals surface area contributed by atoms with Gasteiger partial charge in [-0.3, -0.25) is 9.78 Å². The molecule has 0 aliphatic heterocycles. The Balaban J connectivity index is 2.00. The molecule has 1 amide bonds. The molecule has 0 radical (unpaired) electrons. The predicted molar refractivity (Wildman–Crippen MR) is 81.8 cm³/mol. The van der Waals surface area contributed by atoms with Crippen molar-refractivity contribution >= 4 is 11.6 Å². The van der Waals surface area contributed by atoms with Crippen LogP contribution in [0.3, 0.4) is 0 Å². The van der Waals surface area contributed by atoms with Gasteiger partial charge in [0.15, 0.2) is 0 Å². The zero-order chi connectivity index (χ0) is 15.0. The van der Waals surface area contributed by atoms with Gasteiger partial charge in [0.25, 0.3) is 5.91 Å². The molecule has 1 aromatic heterocycles. The fourth-order valence-electron chi connectivity index (χ4n) is 3.05. The van der Waals surface area contributed by atoms with Crippen molar-refractivity contribution in [3.05, 3.63) is 24.0 Å². The highest BCUT2D eigenvalue weighted by Crippen LogP contribution is 2.67. The van der Waals surface area contributed by atoms with Crippen molar-refractivity contribution in [2.75, 3.05) is 18.4 Å². The molecule has 0 bridgehead atoms. The lowest BCUT2D eigenvalue weighted by Gasteiger charge is -2.11. The molecule has 0 unspecified atom stereocenters. The van der Waals surface area contributed by atoms with Gasteiger partial charge in [0.05, 0.1) is 11.3 Å². The highest BCUT2D eigenvalue weighted by Gasteiger charge is 2.64. The van der Waals surface area contributed by atoms with Crippen molar-refractivity contribution in [1.29, 1.82) is 0 Å². The maximum atomic E-state index is 12.3. The van der Waals surface area contributed by atoms with Crippen LogP contribution in [0.15, 0.2) is 18.5 Å². The van der Waals surface area contributed by atoms with E-state index in [1.54, 1.807) is 12.4 Å². The van der Waals surface area contributed by atoms with E-state index in [0.717, 1.165) is 18.8 Å². The first-order valence-electron chi connectivity index (χ1n) is 7.28. The Morgan fingerprint density at radius 1 is 1.30 bits per heavy atom. The summed E-state index contributed by atoms with van der Waals surface area (Å²) in [5.41, 5.74) is 2.04. The Kier molecular flexibility index (Phi) is 3.76. The van der Waals surface area contributed by atoms with E-state index in [9.17, 15) is 4.79 Å². The summed E-state index contributed by atoms with van der Waals surface area (Å²) in [5.74, 6) is 0.478. The number of anilines is 1. The number of nitrogens with zero attached hydrogens (tertiary/aromatic N) is 1. The van der Waals surface area contributed by atoms with Gasteiger partial charge in [-0.1, -0.05) is 27.7 Å². The van der Waals surface area contributed by atoms with Crippen molar-refractivity contribution in [2.45, 2.75) is 34.6 Å². The number of aromatic nitrogens is 1. The molecular formula is C16H25N3O. The van der Waals surface area contributed by atoms with Crippen molar-refractivity contribution < 1.29 is 4.79 Å². The fraction of sp³-hybridized carbons (Fsp3) is 0.625. The quantitative estimate of drug-likeness (QED) is 0.868. The number of nitrogens with one attached hydrogen (secondary N) is 2. The SMILES string of the molecule is CCNc1ccncc1C(=O)NCC1C(C)(C)C1(C)C. The first kappa shape index (κ1) is 14.8. The van der Waals surface area contributed by atoms with E-state index in [-0.39, 0.29) is 5.91 Å². The van der Waals surface area contributed by atoms with Crippen LogP contribution in [-0.2, 0) is 0 Å². The third-order valence-electron chi connectivity index (χ3n) is 5.22. The number of amides is 1.